The predicted molar refractivity (Wildman–Crippen MR) is 87.8 cm³/mol. The van der Waals surface area contributed by atoms with Crippen LogP contribution in [0.2, 0.25) is 0 Å². The van der Waals surface area contributed by atoms with Crippen molar-refractivity contribution < 1.29 is 18.7 Å². The van der Waals surface area contributed by atoms with Gasteiger partial charge in [-0.3, -0.25) is 0 Å². The van der Waals surface area contributed by atoms with Crippen molar-refractivity contribution >= 4 is 22.0 Å². The summed E-state index contributed by atoms with van der Waals surface area (Å²) in [6.45, 7) is 5.16. The Morgan fingerprint density at radius 3 is 2.70 bits per heavy atom. The molecule has 0 saturated carbocycles. The maximum Gasteiger partial charge on any atom is 0.407 e. The van der Waals surface area contributed by atoms with Crippen molar-refractivity contribution in [1.82, 2.24) is 5.32 Å². The average molecular weight is 385 g/mol. The van der Waals surface area contributed by atoms with Gasteiger partial charge in [0.05, 0.1) is 11.9 Å². The molecule has 23 heavy (non-hydrogen) atoms. The molecule has 1 aromatic rings. The maximum absolute atomic E-state index is 12.9. The topological polar surface area (TPSA) is 71.3 Å². The quantitative estimate of drug-likeness (QED) is 0.829. The monoisotopic (exact) mass is 384 g/mol. The Bertz CT molecular complexity index is 633. The van der Waals surface area contributed by atoms with E-state index in [0.29, 0.717) is 22.1 Å². The van der Waals surface area contributed by atoms with Crippen molar-refractivity contribution in [3.63, 3.8) is 0 Å². The lowest BCUT2D eigenvalue weighted by molar-refractivity contribution is 0.0531. The van der Waals surface area contributed by atoms with Crippen molar-refractivity contribution in [3.05, 3.63) is 40.1 Å². The van der Waals surface area contributed by atoms with Gasteiger partial charge < -0.3 is 14.8 Å². The van der Waals surface area contributed by atoms with Crippen LogP contribution in [0.4, 0.5) is 9.18 Å². The molecule has 0 atom stereocenters. The van der Waals surface area contributed by atoms with Crippen molar-refractivity contribution in [2.75, 3.05) is 13.2 Å². The number of rotatable bonds is 5. The van der Waals surface area contributed by atoms with Gasteiger partial charge in [-0.1, -0.05) is 0 Å². The first-order chi connectivity index (χ1) is 10.7. The lowest BCUT2D eigenvalue weighted by atomic mass is 10.2. The molecule has 0 aromatic heterocycles. The second-order valence-corrected chi connectivity index (χ2v) is 6.52. The van der Waals surface area contributed by atoms with Crippen LogP contribution in [0, 0.1) is 11.3 Å². The highest BCUT2D eigenvalue weighted by Crippen LogP contribution is 2.22. The van der Waals surface area contributed by atoms with Gasteiger partial charge in [-0.2, -0.15) is 5.26 Å². The number of hydrogen-bond acceptors (Lipinski definition) is 4. The smallest absolute Gasteiger partial charge is 0.407 e. The minimum atomic E-state index is -0.627. The number of nitrogens with one attached hydrogen (secondary N) is 1. The predicted octanol–water partition coefficient (Wildman–Crippen LogP) is 4.08. The number of ether oxygens (including phenoxy) is 2. The van der Waals surface area contributed by atoms with Gasteiger partial charge in [0.2, 0.25) is 0 Å². The molecule has 1 amide bonds. The Kier molecular flexibility index (Phi) is 7.04. The molecule has 0 fully saturated rings. The van der Waals surface area contributed by atoms with E-state index in [4.69, 9.17) is 14.7 Å². The van der Waals surface area contributed by atoms with Crippen LogP contribution in [-0.4, -0.2) is 24.8 Å². The number of nitriles is 1. The molecular weight excluding hydrogens is 367 g/mol. The first-order valence-electron chi connectivity index (χ1n) is 6.82. The van der Waals surface area contributed by atoms with Crippen LogP contribution in [0.5, 0.6) is 5.75 Å². The van der Waals surface area contributed by atoms with E-state index in [1.54, 1.807) is 39.0 Å². The third-order valence-corrected chi connectivity index (χ3v) is 3.15. The lowest BCUT2D eigenvalue weighted by Gasteiger charge is -2.20. The van der Waals surface area contributed by atoms with Gasteiger partial charge >= 0.3 is 6.09 Å². The Balaban J connectivity index is 2.50. The molecule has 5 nitrogen and oxygen atoms in total. The third kappa shape index (κ3) is 7.15. The van der Waals surface area contributed by atoms with Crippen LogP contribution in [0.25, 0.3) is 0 Å². The Morgan fingerprint density at radius 2 is 2.17 bits per heavy atom. The van der Waals surface area contributed by atoms with Crippen LogP contribution in [0.15, 0.2) is 34.6 Å². The van der Waals surface area contributed by atoms with Gasteiger partial charge in [0.1, 0.15) is 24.0 Å². The second kappa shape index (κ2) is 8.53. The number of benzene rings is 1. The summed E-state index contributed by atoms with van der Waals surface area (Å²) in [6.07, 6.45) is -0.242. The van der Waals surface area contributed by atoms with Gasteiger partial charge in [-0.05, 0) is 54.9 Å². The summed E-state index contributed by atoms with van der Waals surface area (Å²) in [7, 11) is 0. The molecule has 124 valence electrons. The number of amides is 1. The third-order valence-electron chi connectivity index (χ3n) is 2.50. The molecular formula is C16H18BrFN2O3. The van der Waals surface area contributed by atoms with E-state index in [-0.39, 0.29) is 18.7 Å². The van der Waals surface area contributed by atoms with E-state index in [1.807, 2.05) is 6.07 Å². The zero-order chi connectivity index (χ0) is 17.5. The van der Waals surface area contributed by atoms with Crippen LogP contribution < -0.4 is 10.1 Å². The van der Waals surface area contributed by atoms with Crippen molar-refractivity contribution in [3.8, 4) is 11.8 Å². The highest BCUT2D eigenvalue weighted by molar-refractivity contribution is 9.10. The van der Waals surface area contributed by atoms with Gasteiger partial charge in [0.15, 0.2) is 0 Å². The van der Waals surface area contributed by atoms with Crippen LogP contribution >= 0.6 is 15.9 Å². The Morgan fingerprint density at radius 1 is 1.48 bits per heavy atom. The maximum atomic E-state index is 12.9. The summed E-state index contributed by atoms with van der Waals surface area (Å²) in [4.78, 5) is 11.5. The fourth-order valence-electron chi connectivity index (χ4n) is 1.47. The molecule has 1 rings (SSSR count). The number of halogens is 2. The first-order valence-corrected chi connectivity index (χ1v) is 7.62. The largest absolute Gasteiger partial charge is 0.489 e. The molecule has 0 aliphatic carbocycles. The zero-order valence-corrected chi connectivity index (χ0v) is 14.7. The van der Waals surface area contributed by atoms with E-state index in [2.05, 4.69) is 21.2 Å². The SMILES string of the molecule is CC(C)(C)OC(=O)NC/C(=C\F)COc1ccc(C#N)c(Br)c1. The average Bonchev–Trinajstić information content (AvgIpc) is 2.45. The Hall–Kier alpha value is -2.07. The molecule has 0 bridgehead atoms. The van der Waals surface area contributed by atoms with Crippen molar-refractivity contribution in [1.29, 1.82) is 5.26 Å². The number of alkyl carbamates (subject to hydrolysis) is 1. The van der Waals surface area contributed by atoms with Crippen LogP contribution in [0.1, 0.15) is 26.3 Å². The molecule has 0 aliphatic rings. The minimum absolute atomic E-state index is 0.0249. The van der Waals surface area contributed by atoms with Gasteiger partial charge in [-0.15, -0.1) is 0 Å². The van der Waals surface area contributed by atoms with Gasteiger partial charge in [0.25, 0.3) is 0 Å². The fraction of sp³-hybridized carbons (Fsp3) is 0.375. The summed E-state index contributed by atoms with van der Waals surface area (Å²) in [5.41, 5.74) is 0.108. The highest BCUT2D eigenvalue weighted by Gasteiger charge is 2.16. The highest BCUT2D eigenvalue weighted by atomic mass is 79.9. The molecule has 0 heterocycles. The zero-order valence-electron chi connectivity index (χ0n) is 13.2. The summed E-state index contributed by atoms with van der Waals surface area (Å²) in [5.74, 6) is 0.479. The van der Waals surface area contributed by atoms with Crippen LogP contribution in [0.3, 0.4) is 0 Å². The molecule has 7 heteroatoms. The molecule has 1 N–H and O–H groups in total. The summed E-state index contributed by atoms with van der Waals surface area (Å²) < 4.78 is 23.9. The standard InChI is InChI=1S/C16H18BrFN2O3/c1-16(2,3)23-15(21)20-9-11(7-18)10-22-13-5-4-12(8-19)14(17)6-13/h4-7H,9-10H2,1-3H3,(H,20,21)/b11-7+. The van der Waals surface area contributed by atoms with E-state index < -0.39 is 11.7 Å². The number of nitrogens with zero attached hydrogens (tertiary/aromatic N) is 1. The first kappa shape index (κ1) is 19.0. The Labute approximate surface area is 143 Å². The minimum Gasteiger partial charge on any atom is -0.489 e. The van der Waals surface area contributed by atoms with E-state index in [1.165, 1.54) is 0 Å². The molecule has 0 spiro atoms. The fourth-order valence-corrected chi connectivity index (χ4v) is 1.92. The molecule has 0 radical (unpaired) electrons. The van der Waals surface area contributed by atoms with Crippen molar-refractivity contribution in [2.24, 2.45) is 0 Å². The lowest BCUT2D eigenvalue weighted by Crippen LogP contribution is -2.34. The summed E-state index contributed by atoms with van der Waals surface area (Å²) in [6, 6.07) is 6.84. The summed E-state index contributed by atoms with van der Waals surface area (Å²) >= 11 is 3.24. The van der Waals surface area contributed by atoms with Crippen LogP contribution in [-0.2, 0) is 4.74 Å². The molecule has 0 aliphatic heterocycles. The number of carbonyl (C=O) groups excluding carboxylic acids is 1. The molecule has 0 saturated heterocycles. The number of carbonyl (C=O) groups is 1. The summed E-state index contributed by atoms with van der Waals surface area (Å²) in [5, 5.41) is 11.3. The second-order valence-electron chi connectivity index (χ2n) is 5.66. The van der Waals surface area contributed by atoms with Gasteiger partial charge in [-0.25, -0.2) is 9.18 Å². The van der Waals surface area contributed by atoms with E-state index >= 15 is 0 Å². The molecule has 1 aromatic carbocycles. The van der Waals surface area contributed by atoms with E-state index in [0.717, 1.165) is 0 Å². The number of hydrogen-bond donors (Lipinski definition) is 1. The molecule has 0 unspecified atom stereocenters. The van der Waals surface area contributed by atoms with Gasteiger partial charge in [0, 0.05) is 16.6 Å². The normalized spacial score (nSPS) is 11.6. The van der Waals surface area contributed by atoms with Crippen molar-refractivity contribution in [2.45, 2.75) is 26.4 Å². The van der Waals surface area contributed by atoms with E-state index in [9.17, 15) is 9.18 Å².